The molecular formula is C13H19N5O. The summed E-state index contributed by atoms with van der Waals surface area (Å²) in [6.45, 7) is 0. The van der Waals surface area contributed by atoms with Crippen molar-refractivity contribution in [2.45, 2.75) is 38.1 Å². The third-order valence-electron chi connectivity index (χ3n) is 5.37. The quantitative estimate of drug-likeness (QED) is 0.779. The Balaban J connectivity index is 1.79. The molecule has 4 saturated carbocycles. The summed E-state index contributed by atoms with van der Waals surface area (Å²) in [5.74, 6) is 3.08. The Labute approximate surface area is 111 Å². The van der Waals surface area contributed by atoms with Crippen molar-refractivity contribution >= 4 is 11.9 Å². The molecule has 1 aromatic rings. The molecule has 5 rings (SSSR count). The standard InChI is InChI=1S/C13H19N5O/c14-11-16-12(15)18(13(19)17-11)10-8-2-6-1-7(4-8)5-9(10)3-6/h6-10H,1-5H2,(H4,14,15,16,17,19). The molecule has 0 radical (unpaired) electrons. The third-order valence-corrected chi connectivity index (χ3v) is 5.37. The van der Waals surface area contributed by atoms with Gasteiger partial charge in [-0.25, -0.2) is 4.79 Å². The van der Waals surface area contributed by atoms with Crippen LogP contribution in [0, 0.1) is 23.7 Å². The maximum Gasteiger partial charge on any atom is 0.353 e. The van der Waals surface area contributed by atoms with E-state index in [1.165, 1.54) is 32.1 Å². The van der Waals surface area contributed by atoms with Gasteiger partial charge in [-0.05, 0) is 55.8 Å². The number of hydrogen-bond donors (Lipinski definition) is 2. The second-order valence-corrected chi connectivity index (χ2v) is 6.51. The van der Waals surface area contributed by atoms with Gasteiger partial charge in [0.1, 0.15) is 0 Å². The molecule has 0 saturated heterocycles. The predicted molar refractivity (Wildman–Crippen MR) is 71.2 cm³/mol. The van der Waals surface area contributed by atoms with Crippen LogP contribution in [0.3, 0.4) is 0 Å². The van der Waals surface area contributed by atoms with E-state index < -0.39 is 0 Å². The fraction of sp³-hybridized carbons (Fsp3) is 0.769. The van der Waals surface area contributed by atoms with Gasteiger partial charge in [0.15, 0.2) is 0 Å². The smallest absolute Gasteiger partial charge is 0.353 e. The highest BCUT2D eigenvalue weighted by atomic mass is 16.1. The van der Waals surface area contributed by atoms with Crippen LogP contribution in [-0.2, 0) is 0 Å². The first kappa shape index (κ1) is 11.3. The first-order chi connectivity index (χ1) is 9.11. The van der Waals surface area contributed by atoms with E-state index in [2.05, 4.69) is 9.97 Å². The van der Waals surface area contributed by atoms with Gasteiger partial charge in [-0.3, -0.25) is 4.57 Å². The van der Waals surface area contributed by atoms with Crippen LogP contribution in [0.25, 0.3) is 0 Å². The van der Waals surface area contributed by atoms with Crippen molar-refractivity contribution in [2.75, 3.05) is 11.5 Å². The number of aromatic nitrogens is 3. The van der Waals surface area contributed by atoms with Gasteiger partial charge in [0.25, 0.3) is 0 Å². The minimum Gasteiger partial charge on any atom is -0.369 e. The highest BCUT2D eigenvalue weighted by Gasteiger charge is 2.49. The Hall–Kier alpha value is -1.59. The normalized spacial score (nSPS) is 39.7. The van der Waals surface area contributed by atoms with Crippen molar-refractivity contribution < 1.29 is 0 Å². The van der Waals surface area contributed by atoms with Crippen LogP contribution in [0.1, 0.15) is 38.1 Å². The maximum atomic E-state index is 12.1. The van der Waals surface area contributed by atoms with Crippen LogP contribution in [0.4, 0.5) is 11.9 Å². The lowest BCUT2D eigenvalue weighted by atomic mass is 9.54. The summed E-state index contributed by atoms with van der Waals surface area (Å²) in [5, 5.41) is 0. The Bertz CT molecular complexity index is 553. The SMILES string of the molecule is Nc1nc(N)n(C2C3CC4CC(C3)CC2C4)c(=O)n1. The Morgan fingerprint density at radius 2 is 1.53 bits per heavy atom. The first-order valence-corrected chi connectivity index (χ1v) is 7.13. The monoisotopic (exact) mass is 261 g/mol. The third kappa shape index (κ3) is 1.58. The van der Waals surface area contributed by atoms with E-state index in [0.29, 0.717) is 11.8 Å². The molecule has 1 aromatic heterocycles. The van der Waals surface area contributed by atoms with E-state index in [9.17, 15) is 4.79 Å². The lowest BCUT2D eigenvalue weighted by Crippen LogP contribution is -2.49. The number of nitrogen functional groups attached to an aromatic ring is 2. The van der Waals surface area contributed by atoms with Gasteiger partial charge >= 0.3 is 5.69 Å². The molecule has 0 aromatic carbocycles. The lowest BCUT2D eigenvalue weighted by Gasteiger charge is -2.54. The highest BCUT2D eigenvalue weighted by Crippen LogP contribution is 2.58. The van der Waals surface area contributed by atoms with E-state index >= 15 is 0 Å². The molecule has 4 bridgehead atoms. The molecule has 19 heavy (non-hydrogen) atoms. The van der Waals surface area contributed by atoms with Gasteiger partial charge in [-0.15, -0.1) is 0 Å². The Morgan fingerprint density at radius 3 is 2.05 bits per heavy atom. The molecule has 4 N–H and O–H groups in total. The van der Waals surface area contributed by atoms with E-state index in [4.69, 9.17) is 11.5 Å². The molecule has 0 aliphatic heterocycles. The van der Waals surface area contributed by atoms with Crippen molar-refractivity contribution in [2.24, 2.45) is 23.7 Å². The molecule has 102 valence electrons. The summed E-state index contributed by atoms with van der Waals surface area (Å²) >= 11 is 0. The van der Waals surface area contributed by atoms with Crippen molar-refractivity contribution in [1.29, 1.82) is 0 Å². The summed E-state index contributed by atoms with van der Waals surface area (Å²) < 4.78 is 1.61. The maximum absolute atomic E-state index is 12.1. The number of anilines is 2. The van der Waals surface area contributed by atoms with E-state index in [0.717, 1.165) is 11.8 Å². The van der Waals surface area contributed by atoms with Gasteiger partial charge in [0.2, 0.25) is 11.9 Å². The molecule has 0 spiro atoms. The Kier molecular flexibility index (Phi) is 2.20. The molecule has 4 fully saturated rings. The van der Waals surface area contributed by atoms with Gasteiger partial charge in [-0.1, -0.05) is 0 Å². The highest BCUT2D eigenvalue weighted by molar-refractivity contribution is 5.26. The number of nitrogens with zero attached hydrogens (tertiary/aromatic N) is 3. The summed E-state index contributed by atoms with van der Waals surface area (Å²) in [6.07, 6.45) is 6.31. The summed E-state index contributed by atoms with van der Waals surface area (Å²) in [7, 11) is 0. The predicted octanol–water partition coefficient (Wildman–Crippen LogP) is 0.800. The second kappa shape index (κ2) is 3.71. The zero-order valence-electron chi connectivity index (χ0n) is 10.8. The van der Waals surface area contributed by atoms with Crippen LogP contribution in [0.5, 0.6) is 0 Å². The zero-order valence-corrected chi connectivity index (χ0v) is 10.8. The number of nitrogens with two attached hydrogens (primary N) is 2. The van der Waals surface area contributed by atoms with Crippen molar-refractivity contribution in [3.05, 3.63) is 10.5 Å². The van der Waals surface area contributed by atoms with E-state index in [1.807, 2.05) is 0 Å². The molecular weight excluding hydrogens is 242 g/mol. The average molecular weight is 261 g/mol. The largest absolute Gasteiger partial charge is 0.369 e. The van der Waals surface area contributed by atoms with Crippen molar-refractivity contribution in [1.82, 2.24) is 14.5 Å². The minimum absolute atomic E-state index is 0.0254. The molecule has 1 heterocycles. The molecule has 6 heteroatoms. The number of hydrogen-bond acceptors (Lipinski definition) is 5. The van der Waals surface area contributed by atoms with Crippen LogP contribution < -0.4 is 17.2 Å². The van der Waals surface area contributed by atoms with Crippen molar-refractivity contribution in [3.63, 3.8) is 0 Å². The first-order valence-electron chi connectivity index (χ1n) is 7.13. The minimum atomic E-state index is -0.331. The van der Waals surface area contributed by atoms with Crippen LogP contribution in [0.2, 0.25) is 0 Å². The average Bonchev–Trinajstić information content (AvgIpc) is 2.30. The molecule has 4 aliphatic carbocycles. The van der Waals surface area contributed by atoms with E-state index in [-0.39, 0.29) is 23.6 Å². The molecule has 0 amide bonds. The van der Waals surface area contributed by atoms with Gasteiger partial charge in [-0.2, -0.15) is 9.97 Å². The summed E-state index contributed by atoms with van der Waals surface area (Å²) in [6, 6.07) is 0.195. The molecule has 0 atom stereocenters. The fourth-order valence-electron chi connectivity index (χ4n) is 5.04. The number of rotatable bonds is 1. The van der Waals surface area contributed by atoms with Crippen LogP contribution in [-0.4, -0.2) is 14.5 Å². The van der Waals surface area contributed by atoms with Gasteiger partial charge in [0.05, 0.1) is 0 Å². The molecule has 0 unspecified atom stereocenters. The molecule has 6 nitrogen and oxygen atoms in total. The van der Waals surface area contributed by atoms with Crippen LogP contribution in [0.15, 0.2) is 4.79 Å². The topological polar surface area (TPSA) is 99.8 Å². The van der Waals surface area contributed by atoms with Crippen molar-refractivity contribution in [3.8, 4) is 0 Å². The lowest BCUT2D eigenvalue weighted by molar-refractivity contribution is -0.0303. The van der Waals surface area contributed by atoms with E-state index in [1.54, 1.807) is 4.57 Å². The van der Waals surface area contributed by atoms with Gasteiger partial charge in [0, 0.05) is 6.04 Å². The summed E-state index contributed by atoms with van der Waals surface area (Å²) in [4.78, 5) is 19.9. The Morgan fingerprint density at radius 1 is 0.947 bits per heavy atom. The van der Waals surface area contributed by atoms with Gasteiger partial charge < -0.3 is 11.5 Å². The summed E-state index contributed by atoms with van der Waals surface area (Å²) in [5.41, 5.74) is 11.1. The fourth-order valence-corrected chi connectivity index (χ4v) is 5.04. The zero-order chi connectivity index (χ0) is 13.1. The van der Waals surface area contributed by atoms with Crippen LogP contribution >= 0.6 is 0 Å². The molecule has 4 aliphatic rings. The second-order valence-electron chi connectivity index (χ2n) is 6.51.